The number of anilines is 1. The zero-order valence-electron chi connectivity index (χ0n) is 12.3. The fourth-order valence-corrected chi connectivity index (χ4v) is 3.77. The van der Waals surface area contributed by atoms with E-state index in [-0.39, 0.29) is 11.2 Å². The highest BCUT2D eigenvalue weighted by atomic mass is 32.2. The summed E-state index contributed by atoms with van der Waals surface area (Å²) in [5.41, 5.74) is 2.46. The number of rotatable bonds is 5. The van der Waals surface area contributed by atoms with E-state index < -0.39 is 0 Å². The van der Waals surface area contributed by atoms with Crippen LogP contribution in [0.2, 0.25) is 0 Å². The molecule has 1 aliphatic rings. The summed E-state index contributed by atoms with van der Waals surface area (Å²) in [5, 5.41) is 6.12. The Bertz CT molecular complexity index is 633. The molecule has 0 aliphatic carbocycles. The van der Waals surface area contributed by atoms with E-state index in [9.17, 15) is 4.79 Å². The lowest BCUT2D eigenvalue weighted by Gasteiger charge is -2.24. The minimum atomic E-state index is -0.0835. The highest BCUT2D eigenvalue weighted by molar-refractivity contribution is 8.00. The Hall–Kier alpha value is -2.01. The van der Waals surface area contributed by atoms with Crippen LogP contribution in [0.5, 0.6) is 0 Å². The molecule has 0 spiro atoms. The average Bonchev–Trinajstić information content (AvgIpc) is 2.59. The van der Waals surface area contributed by atoms with E-state index in [1.54, 1.807) is 18.0 Å². The van der Waals surface area contributed by atoms with Gasteiger partial charge in [-0.25, -0.2) is 4.98 Å². The molecule has 1 atom stereocenters. The molecule has 1 amide bonds. The van der Waals surface area contributed by atoms with Crippen molar-refractivity contribution in [2.45, 2.75) is 11.7 Å². The Morgan fingerprint density at radius 1 is 1.18 bits per heavy atom. The van der Waals surface area contributed by atoms with Crippen molar-refractivity contribution in [3.63, 3.8) is 0 Å². The summed E-state index contributed by atoms with van der Waals surface area (Å²) in [5.74, 6) is 1.93. The number of benzene rings is 1. The number of thioether (sulfide) groups is 1. The van der Waals surface area contributed by atoms with Crippen LogP contribution in [-0.2, 0) is 11.2 Å². The molecule has 0 saturated carbocycles. The lowest BCUT2D eigenvalue weighted by molar-refractivity contribution is -0.120. The normalized spacial score (nSPS) is 16.6. The first kappa shape index (κ1) is 14.9. The van der Waals surface area contributed by atoms with Crippen LogP contribution >= 0.6 is 11.8 Å². The SMILES string of the molecule is O=C(NCCNc1ccccn1)[C@H]1SCCc2ccccc21. The van der Waals surface area contributed by atoms with E-state index >= 15 is 0 Å². The highest BCUT2D eigenvalue weighted by Crippen LogP contribution is 2.36. The van der Waals surface area contributed by atoms with Crippen LogP contribution in [0.15, 0.2) is 48.7 Å². The van der Waals surface area contributed by atoms with Crippen LogP contribution in [0.1, 0.15) is 16.4 Å². The lowest BCUT2D eigenvalue weighted by Crippen LogP contribution is -2.33. The minimum absolute atomic E-state index is 0.0835. The maximum Gasteiger partial charge on any atom is 0.237 e. The van der Waals surface area contributed by atoms with Gasteiger partial charge in [-0.1, -0.05) is 30.3 Å². The molecule has 0 radical (unpaired) electrons. The van der Waals surface area contributed by atoms with E-state index in [2.05, 4.69) is 27.8 Å². The van der Waals surface area contributed by atoms with Gasteiger partial charge in [0.05, 0.1) is 0 Å². The first-order valence-electron chi connectivity index (χ1n) is 7.46. The van der Waals surface area contributed by atoms with Crippen molar-refractivity contribution in [3.05, 3.63) is 59.8 Å². The van der Waals surface area contributed by atoms with Crippen LogP contribution in [-0.4, -0.2) is 29.7 Å². The van der Waals surface area contributed by atoms with Gasteiger partial charge >= 0.3 is 0 Å². The molecule has 2 heterocycles. The third-order valence-corrected chi connectivity index (χ3v) is 4.87. The molecule has 2 N–H and O–H groups in total. The smallest absolute Gasteiger partial charge is 0.237 e. The number of pyridine rings is 1. The molecule has 0 fully saturated rings. The molecule has 2 aromatic rings. The van der Waals surface area contributed by atoms with E-state index in [0.29, 0.717) is 13.1 Å². The number of fused-ring (bicyclic) bond motifs is 1. The van der Waals surface area contributed by atoms with Crippen LogP contribution in [0, 0.1) is 0 Å². The molecule has 4 nitrogen and oxygen atoms in total. The molecule has 1 aromatic carbocycles. The van der Waals surface area contributed by atoms with Gasteiger partial charge in [0.15, 0.2) is 0 Å². The Morgan fingerprint density at radius 3 is 2.91 bits per heavy atom. The molecule has 0 saturated heterocycles. The maximum absolute atomic E-state index is 12.4. The van der Waals surface area contributed by atoms with Gasteiger partial charge in [0.2, 0.25) is 5.91 Å². The summed E-state index contributed by atoms with van der Waals surface area (Å²) >= 11 is 1.72. The van der Waals surface area contributed by atoms with Gasteiger partial charge in [-0.2, -0.15) is 0 Å². The molecule has 5 heteroatoms. The lowest BCUT2D eigenvalue weighted by atomic mass is 10.0. The van der Waals surface area contributed by atoms with E-state index in [1.165, 1.54) is 5.56 Å². The summed E-state index contributed by atoms with van der Waals surface area (Å²) in [6.07, 6.45) is 2.79. The van der Waals surface area contributed by atoms with Gasteiger partial charge < -0.3 is 10.6 Å². The largest absolute Gasteiger partial charge is 0.368 e. The van der Waals surface area contributed by atoms with Gasteiger partial charge in [-0.3, -0.25) is 4.79 Å². The van der Waals surface area contributed by atoms with Crippen molar-refractivity contribution in [1.29, 1.82) is 0 Å². The first-order chi connectivity index (χ1) is 10.8. The van der Waals surface area contributed by atoms with Crippen molar-refractivity contribution in [2.75, 3.05) is 24.2 Å². The fourth-order valence-electron chi connectivity index (χ4n) is 2.55. The molecule has 114 valence electrons. The Kier molecular flexibility index (Phi) is 4.96. The second-order valence-electron chi connectivity index (χ2n) is 5.13. The number of amides is 1. The molecule has 0 unspecified atom stereocenters. The second kappa shape index (κ2) is 7.31. The van der Waals surface area contributed by atoms with E-state index in [1.807, 2.05) is 30.3 Å². The van der Waals surface area contributed by atoms with Gasteiger partial charge in [0.25, 0.3) is 0 Å². The van der Waals surface area contributed by atoms with Gasteiger partial charge in [0.1, 0.15) is 11.1 Å². The van der Waals surface area contributed by atoms with Crippen LogP contribution in [0.25, 0.3) is 0 Å². The van der Waals surface area contributed by atoms with E-state index in [4.69, 9.17) is 0 Å². The number of aromatic nitrogens is 1. The summed E-state index contributed by atoms with van der Waals surface area (Å²) in [6, 6.07) is 14.0. The van der Waals surface area contributed by atoms with Crippen LogP contribution < -0.4 is 10.6 Å². The summed E-state index contributed by atoms with van der Waals surface area (Å²) in [7, 11) is 0. The molecule has 0 bridgehead atoms. The van der Waals surface area contributed by atoms with Crippen molar-refractivity contribution in [2.24, 2.45) is 0 Å². The quantitative estimate of drug-likeness (QED) is 0.833. The Morgan fingerprint density at radius 2 is 2.05 bits per heavy atom. The van der Waals surface area contributed by atoms with Gasteiger partial charge in [-0.15, -0.1) is 11.8 Å². The number of nitrogens with zero attached hydrogens (tertiary/aromatic N) is 1. The number of nitrogens with one attached hydrogen (secondary N) is 2. The zero-order chi connectivity index (χ0) is 15.2. The van der Waals surface area contributed by atoms with Crippen molar-refractivity contribution < 1.29 is 4.79 Å². The number of hydrogen-bond donors (Lipinski definition) is 2. The highest BCUT2D eigenvalue weighted by Gasteiger charge is 2.26. The monoisotopic (exact) mass is 313 g/mol. The third-order valence-electron chi connectivity index (χ3n) is 3.63. The van der Waals surface area contributed by atoms with Crippen molar-refractivity contribution >= 4 is 23.5 Å². The summed E-state index contributed by atoms with van der Waals surface area (Å²) in [4.78, 5) is 16.6. The fraction of sp³-hybridized carbons (Fsp3) is 0.294. The predicted octanol–water partition coefficient (Wildman–Crippen LogP) is 2.64. The molecular weight excluding hydrogens is 294 g/mol. The zero-order valence-corrected chi connectivity index (χ0v) is 13.1. The van der Waals surface area contributed by atoms with Crippen molar-refractivity contribution in [3.8, 4) is 0 Å². The Labute approximate surface area is 134 Å². The number of carbonyl (C=O) groups is 1. The second-order valence-corrected chi connectivity index (χ2v) is 6.35. The number of aryl methyl sites for hydroxylation is 1. The molecule has 1 aliphatic heterocycles. The summed E-state index contributed by atoms with van der Waals surface area (Å²) < 4.78 is 0. The molecule has 3 rings (SSSR count). The maximum atomic E-state index is 12.4. The van der Waals surface area contributed by atoms with Crippen molar-refractivity contribution in [1.82, 2.24) is 10.3 Å². The van der Waals surface area contributed by atoms with Crippen LogP contribution in [0.3, 0.4) is 0 Å². The first-order valence-corrected chi connectivity index (χ1v) is 8.51. The average molecular weight is 313 g/mol. The standard InChI is InChI=1S/C17H19N3OS/c21-17(20-11-10-19-15-7-3-4-9-18-15)16-14-6-2-1-5-13(14)8-12-22-16/h1-7,9,16H,8,10-12H2,(H,18,19)(H,20,21)/t16-/m0/s1. The molecule has 22 heavy (non-hydrogen) atoms. The number of hydrogen-bond acceptors (Lipinski definition) is 4. The van der Waals surface area contributed by atoms with Gasteiger partial charge in [-0.05, 0) is 35.4 Å². The Balaban J connectivity index is 1.51. The van der Waals surface area contributed by atoms with Crippen LogP contribution in [0.4, 0.5) is 5.82 Å². The number of carbonyl (C=O) groups excluding carboxylic acids is 1. The molecular formula is C17H19N3OS. The minimum Gasteiger partial charge on any atom is -0.368 e. The van der Waals surface area contributed by atoms with E-state index in [0.717, 1.165) is 23.6 Å². The third kappa shape index (κ3) is 3.60. The summed E-state index contributed by atoms with van der Waals surface area (Å²) in [6.45, 7) is 1.26. The van der Waals surface area contributed by atoms with Gasteiger partial charge in [0, 0.05) is 19.3 Å². The molecule has 1 aromatic heterocycles. The topological polar surface area (TPSA) is 54.0 Å². The predicted molar refractivity (Wildman–Crippen MR) is 91.1 cm³/mol.